The predicted molar refractivity (Wildman–Crippen MR) is 123 cm³/mol. The Kier molecular flexibility index (Phi) is 4.85. The number of amides is 2. The van der Waals surface area contributed by atoms with E-state index in [0.717, 1.165) is 21.9 Å². The molecule has 1 aromatic heterocycles. The van der Waals surface area contributed by atoms with Crippen LogP contribution in [-0.4, -0.2) is 44.6 Å². The van der Waals surface area contributed by atoms with Gasteiger partial charge in [-0.05, 0) is 43.1 Å². The summed E-state index contributed by atoms with van der Waals surface area (Å²) in [5.74, 6) is -1.38. The number of carbonyl (C=O) groups excluding carboxylic acids is 2. The van der Waals surface area contributed by atoms with Gasteiger partial charge >= 0.3 is 10.8 Å². The van der Waals surface area contributed by atoms with Crippen LogP contribution in [0.2, 0.25) is 0 Å². The van der Waals surface area contributed by atoms with Gasteiger partial charge in [0.1, 0.15) is 0 Å². The van der Waals surface area contributed by atoms with Crippen molar-refractivity contribution >= 4 is 40.9 Å². The van der Waals surface area contributed by atoms with Gasteiger partial charge in [-0.25, -0.2) is 0 Å². The van der Waals surface area contributed by atoms with Gasteiger partial charge in [-0.2, -0.15) is 0 Å². The minimum absolute atomic E-state index is 0.0377. The van der Waals surface area contributed by atoms with Gasteiger partial charge in [-0.1, -0.05) is 41.2 Å². The van der Waals surface area contributed by atoms with Crippen molar-refractivity contribution in [3.8, 4) is 0 Å². The molecule has 0 spiro atoms. The second-order valence-corrected chi connectivity index (χ2v) is 11.9. The van der Waals surface area contributed by atoms with Gasteiger partial charge in [-0.15, -0.1) is 11.8 Å². The number of hydrogen-bond donors (Lipinski definition) is 2. The zero-order valence-corrected chi connectivity index (χ0v) is 19.7. The molecule has 33 heavy (non-hydrogen) atoms. The minimum atomic E-state index is -0.919. The molecule has 2 amide bonds. The Morgan fingerprint density at radius 3 is 2.52 bits per heavy atom. The summed E-state index contributed by atoms with van der Waals surface area (Å²) in [4.78, 5) is 55.1. The van der Waals surface area contributed by atoms with Gasteiger partial charge in [0.2, 0.25) is 11.8 Å². The molecule has 2 saturated carbocycles. The molecule has 172 valence electrons. The molecule has 3 heterocycles. The molecule has 0 radical (unpaired) electrons. The molecule has 3 fully saturated rings. The van der Waals surface area contributed by atoms with Crippen molar-refractivity contribution in [1.29, 1.82) is 0 Å². The standard InChI is InChI=1S/C24H24N2O5S2/c1-10-4-6-11(7-5-10)15-16-12-9-13(19(16)32-21-20(15)33-24(31)25-21)18-17(12)22(29)26(23(18)30)8-2-3-14(27)28/h4-7,12-13,15-19H,2-3,8-9H2,1H3,(H,25,31)(H,27,28)/t12-,13+,15-,16-,17+,18+,19+/m1/s1. The summed E-state index contributed by atoms with van der Waals surface area (Å²) < 4.78 is 0. The van der Waals surface area contributed by atoms with E-state index in [0.29, 0.717) is 0 Å². The summed E-state index contributed by atoms with van der Waals surface area (Å²) in [5.41, 5.74) is 2.33. The first-order chi connectivity index (χ1) is 15.8. The number of imide groups is 1. The number of aromatic amines is 1. The van der Waals surface area contributed by atoms with Crippen LogP contribution in [0.25, 0.3) is 0 Å². The highest BCUT2D eigenvalue weighted by Gasteiger charge is 2.69. The van der Waals surface area contributed by atoms with Crippen LogP contribution < -0.4 is 4.87 Å². The van der Waals surface area contributed by atoms with Crippen LogP contribution >= 0.6 is 23.1 Å². The van der Waals surface area contributed by atoms with Crippen LogP contribution in [0.4, 0.5) is 0 Å². The van der Waals surface area contributed by atoms with Crippen molar-refractivity contribution < 1.29 is 19.5 Å². The zero-order valence-electron chi connectivity index (χ0n) is 18.0. The monoisotopic (exact) mass is 484 g/mol. The maximum atomic E-state index is 13.4. The van der Waals surface area contributed by atoms with Crippen molar-refractivity contribution in [1.82, 2.24) is 9.88 Å². The summed E-state index contributed by atoms with van der Waals surface area (Å²) >= 11 is 2.95. The highest BCUT2D eigenvalue weighted by atomic mass is 32.2. The van der Waals surface area contributed by atoms with Crippen molar-refractivity contribution in [3.63, 3.8) is 0 Å². The van der Waals surface area contributed by atoms with Crippen molar-refractivity contribution in [2.75, 3.05) is 6.54 Å². The van der Waals surface area contributed by atoms with E-state index >= 15 is 0 Å². The Morgan fingerprint density at radius 1 is 1.12 bits per heavy atom. The third-order valence-electron chi connectivity index (χ3n) is 8.02. The number of nitrogens with zero attached hydrogens (tertiary/aromatic N) is 1. The average Bonchev–Trinajstić information content (AvgIpc) is 3.49. The number of rotatable bonds is 5. The number of thiazole rings is 1. The van der Waals surface area contributed by atoms with Crippen LogP contribution in [0, 0.1) is 36.5 Å². The van der Waals surface area contributed by atoms with Crippen LogP contribution in [0.5, 0.6) is 0 Å². The molecule has 1 aromatic carbocycles. The zero-order chi connectivity index (χ0) is 23.0. The highest BCUT2D eigenvalue weighted by Crippen LogP contribution is 2.68. The van der Waals surface area contributed by atoms with E-state index in [2.05, 4.69) is 29.2 Å². The normalized spacial score (nSPS) is 33.8. The fourth-order valence-electron chi connectivity index (χ4n) is 6.83. The SMILES string of the molecule is Cc1ccc([C@H]2c3sc(=O)[nH]c3S[C@H]3[C@H]4C[C@@H]([C@@H]5C(=O)N(CCCC(=O)O)C(=O)[C@@H]45)[C@H]23)cc1. The van der Waals surface area contributed by atoms with Crippen LogP contribution in [0.3, 0.4) is 0 Å². The smallest absolute Gasteiger partial charge is 0.305 e. The number of likely N-dealkylation sites (tertiary alicyclic amines) is 1. The number of aryl methyl sites for hydroxylation is 1. The van der Waals surface area contributed by atoms with Gasteiger partial charge in [0, 0.05) is 29.0 Å². The number of fused-ring (bicyclic) bond motifs is 9. The number of nitrogens with one attached hydrogen (secondary N) is 1. The number of carbonyl (C=O) groups is 3. The van der Waals surface area contributed by atoms with E-state index < -0.39 is 5.97 Å². The van der Waals surface area contributed by atoms with E-state index in [1.165, 1.54) is 21.8 Å². The number of thioether (sulfide) groups is 1. The fraction of sp³-hybridized carbons (Fsp3) is 0.500. The second kappa shape index (κ2) is 7.56. The maximum absolute atomic E-state index is 13.4. The Morgan fingerprint density at radius 2 is 1.82 bits per heavy atom. The summed E-state index contributed by atoms with van der Waals surface area (Å²) in [6, 6.07) is 8.44. The molecule has 7 atom stereocenters. The molecular formula is C24H24N2O5S2. The van der Waals surface area contributed by atoms with E-state index in [-0.39, 0.29) is 76.8 Å². The van der Waals surface area contributed by atoms with Crippen molar-refractivity contribution in [2.24, 2.45) is 29.6 Å². The minimum Gasteiger partial charge on any atom is -0.481 e. The van der Waals surface area contributed by atoms with Gasteiger partial charge in [0.25, 0.3) is 0 Å². The van der Waals surface area contributed by atoms with Gasteiger partial charge in [0.05, 0.1) is 16.9 Å². The number of carboxylic acid groups (broad SMARTS) is 1. The number of hydrogen-bond acceptors (Lipinski definition) is 6. The third kappa shape index (κ3) is 3.08. The summed E-state index contributed by atoms with van der Waals surface area (Å²) in [6.07, 6.45) is 1.09. The maximum Gasteiger partial charge on any atom is 0.305 e. The highest BCUT2D eigenvalue weighted by molar-refractivity contribution is 8.00. The first kappa shape index (κ1) is 21.2. The van der Waals surface area contributed by atoms with Gasteiger partial charge in [0.15, 0.2) is 0 Å². The van der Waals surface area contributed by atoms with E-state index in [4.69, 9.17) is 5.11 Å². The summed E-state index contributed by atoms with van der Waals surface area (Å²) in [7, 11) is 0. The number of H-pyrrole nitrogens is 1. The molecule has 4 aliphatic rings. The lowest BCUT2D eigenvalue weighted by atomic mass is 9.68. The largest absolute Gasteiger partial charge is 0.481 e. The predicted octanol–water partition coefficient (Wildman–Crippen LogP) is 3.08. The molecule has 2 N–H and O–H groups in total. The molecule has 2 aromatic rings. The molecule has 0 unspecified atom stereocenters. The van der Waals surface area contributed by atoms with Crippen LogP contribution in [0.15, 0.2) is 34.1 Å². The second-order valence-electron chi connectivity index (χ2n) is 9.70. The van der Waals surface area contributed by atoms with Crippen LogP contribution in [-0.2, 0) is 14.4 Å². The van der Waals surface area contributed by atoms with Crippen LogP contribution in [0.1, 0.15) is 41.2 Å². The Bertz CT molecular complexity index is 1220. The Labute approximate surface area is 198 Å². The number of aromatic nitrogens is 1. The topological polar surface area (TPSA) is 108 Å². The molecule has 6 rings (SSSR count). The third-order valence-corrected chi connectivity index (χ3v) is 10.6. The van der Waals surface area contributed by atoms with Gasteiger partial charge in [-0.3, -0.25) is 24.1 Å². The van der Waals surface area contributed by atoms with E-state index in [1.54, 1.807) is 11.8 Å². The van der Waals surface area contributed by atoms with Gasteiger partial charge < -0.3 is 10.1 Å². The van der Waals surface area contributed by atoms with E-state index in [9.17, 15) is 19.2 Å². The average molecular weight is 485 g/mol. The fourth-order valence-corrected chi connectivity index (χ4v) is 9.72. The number of aliphatic carboxylic acids is 1. The number of benzene rings is 1. The molecule has 2 bridgehead atoms. The summed E-state index contributed by atoms with van der Waals surface area (Å²) in [6.45, 7) is 2.23. The summed E-state index contributed by atoms with van der Waals surface area (Å²) in [5, 5.41) is 10.0. The number of carboxylic acids is 1. The lowest BCUT2D eigenvalue weighted by Gasteiger charge is -2.43. The first-order valence-electron chi connectivity index (χ1n) is 11.4. The molecular weight excluding hydrogens is 460 g/mol. The quantitative estimate of drug-likeness (QED) is 0.632. The Hall–Kier alpha value is -2.39. The first-order valence-corrected chi connectivity index (χ1v) is 13.1. The Balaban J connectivity index is 1.37. The molecule has 7 nitrogen and oxygen atoms in total. The van der Waals surface area contributed by atoms with Crippen molar-refractivity contribution in [2.45, 2.75) is 42.4 Å². The molecule has 2 aliphatic carbocycles. The molecule has 1 saturated heterocycles. The lowest BCUT2D eigenvalue weighted by molar-refractivity contribution is -0.142. The van der Waals surface area contributed by atoms with Crippen molar-refractivity contribution in [3.05, 3.63) is 49.9 Å². The molecule has 2 aliphatic heterocycles. The molecule has 9 heteroatoms. The lowest BCUT2D eigenvalue weighted by Crippen LogP contribution is -2.42. The van der Waals surface area contributed by atoms with E-state index in [1.807, 2.05) is 6.92 Å².